The highest BCUT2D eigenvalue weighted by Crippen LogP contribution is 2.22. The van der Waals surface area contributed by atoms with Crippen molar-refractivity contribution in [1.82, 2.24) is 19.4 Å². The third-order valence-electron chi connectivity index (χ3n) is 3.73. The standard InChI is InChI=1S/C14H18N4OS/c19-14(4-3-13-16-6-9-20-13)17-7-1-2-12(10-17)18-8-5-15-11-18/h5-6,8-9,11-12H,1-4,7,10H2/t12-/m0/s1. The van der Waals surface area contributed by atoms with Crippen LogP contribution in [0.15, 0.2) is 30.3 Å². The molecule has 3 rings (SSSR count). The smallest absolute Gasteiger partial charge is 0.223 e. The number of carbonyl (C=O) groups is 1. The fourth-order valence-electron chi connectivity index (χ4n) is 2.66. The number of imidazole rings is 1. The Morgan fingerprint density at radius 1 is 1.45 bits per heavy atom. The van der Waals surface area contributed by atoms with Gasteiger partial charge in [0, 0.05) is 49.9 Å². The highest BCUT2D eigenvalue weighted by Gasteiger charge is 2.24. The Morgan fingerprint density at radius 2 is 2.40 bits per heavy atom. The summed E-state index contributed by atoms with van der Waals surface area (Å²) in [5, 5.41) is 3.00. The lowest BCUT2D eigenvalue weighted by Crippen LogP contribution is -2.40. The number of carbonyl (C=O) groups excluding carboxylic acids is 1. The number of likely N-dealkylation sites (tertiary alicyclic amines) is 1. The minimum Gasteiger partial charge on any atom is -0.341 e. The SMILES string of the molecule is O=C(CCc1nccs1)N1CCC[C@H](n2ccnc2)C1. The molecule has 0 aromatic carbocycles. The summed E-state index contributed by atoms with van der Waals surface area (Å²) in [4.78, 5) is 22.6. The van der Waals surface area contributed by atoms with Gasteiger partial charge in [-0.15, -0.1) is 11.3 Å². The van der Waals surface area contributed by atoms with Gasteiger partial charge in [0.1, 0.15) is 0 Å². The maximum Gasteiger partial charge on any atom is 0.223 e. The van der Waals surface area contributed by atoms with Gasteiger partial charge in [0.05, 0.1) is 17.4 Å². The van der Waals surface area contributed by atoms with Gasteiger partial charge in [-0.05, 0) is 12.8 Å². The van der Waals surface area contributed by atoms with Gasteiger partial charge in [-0.2, -0.15) is 0 Å². The maximum atomic E-state index is 12.3. The quantitative estimate of drug-likeness (QED) is 0.867. The van der Waals surface area contributed by atoms with E-state index in [9.17, 15) is 4.79 Å². The van der Waals surface area contributed by atoms with Crippen LogP contribution in [0.25, 0.3) is 0 Å². The van der Waals surface area contributed by atoms with Crippen LogP contribution < -0.4 is 0 Å². The highest BCUT2D eigenvalue weighted by molar-refractivity contribution is 7.09. The first-order valence-corrected chi connectivity index (χ1v) is 7.84. The molecule has 6 heteroatoms. The minimum absolute atomic E-state index is 0.241. The van der Waals surface area contributed by atoms with E-state index in [1.165, 1.54) is 0 Å². The van der Waals surface area contributed by atoms with Gasteiger partial charge in [0.2, 0.25) is 5.91 Å². The zero-order valence-corrected chi connectivity index (χ0v) is 12.1. The number of thiazole rings is 1. The molecule has 3 heterocycles. The van der Waals surface area contributed by atoms with Gasteiger partial charge in [0.25, 0.3) is 0 Å². The van der Waals surface area contributed by atoms with Crippen molar-refractivity contribution in [2.75, 3.05) is 13.1 Å². The Labute approximate surface area is 122 Å². The van der Waals surface area contributed by atoms with Crippen molar-refractivity contribution >= 4 is 17.2 Å². The van der Waals surface area contributed by atoms with Gasteiger partial charge in [0.15, 0.2) is 0 Å². The molecule has 106 valence electrons. The Morgan fingerprint density at radius 3 is 3.15 bits per heavy atom. The zero-order valence-electron chi connectivity index (χ0n) is 11.3. The molecule has 0 radical (unpaired) electrons. The molecule has 5 nitrogen and oxygen atoms in total. The van der Waals surface area contributed by atoms with Crippen LogP contribution in [0.2, 0.25) is 0 Å². The van der Waals surface area contributed by atoms with Crippen molar-refractivity contribution in [2.45, 2.75) is 31.7 Å². The molecule has 0 unspecified atom stereocenters. The third-order valence-corrected chi connectivity index (χ3v) is 4.57. The van der Waals surface area contributed by atoms with Crippen molar-refractivity contribution in [3.05, 3.63) is 35.3 Å². The molecule has 1 saturated heterocycles. The molecular formula is C14H18N4OS. The second kappa shape index (κ2) is 6.17. The molecule has 1 aliphatic heterocycles. The summed E-state index contributed by atoms with van der Waals surface area (Å²) in [6.07, 6.45) is 10.9. The van der Waals surface area contributed by atoms with E-state index in [0.29, 0.717) is 12.5 Å². The van der Waals surface area contributed by atoms with Crippen LogP contribution in [0, 0.1) is 0 Å². The van der Waals surface area contributed by atoms with Crippen LogP contribution in [0.3, 0.4) is 0 Å². The largest absolute Gasteiger partial charge is 0.341 e. The van der Waals surface area contributed by atoms with Crippen LogP contribution >= 0.6 is 11.3 Å². The Kier molecular flexibility index (Phi) is 4.11. The number of aromatic nitrogens is 3. The maximum absolute atomic E-state index is 12.3. The van der Waals surface area contributed by atoms with E-state index >= 15 is 0 Å². The zero-order chi connectivity index (χ0) is 13.8. The van der Waals surface area contributed by atoms with E-state index in [2.05, 4.69) is 14.5 Å². The number of aryl methyl sites for hydroxylation is 1. The van der Waals surface area contributed by atoms with Crippen molar-refractivity contribution in [2.24, 2.45) is 0 Å². The first-order chi connectivity index (χ1) is 9.83. The first kappa shape index (κ1) is 13.3. The Hall–Kier alpha value is -1.69. The third kappa shape index (κ3) is 3.07. The Balaban J connectivity index is 1.55. The number of hydrogen-bond donors (Lipinski definition) is 0. The van der Waals surface area contributed by atoms with E-state index in [0.717, 1.165) is 37.4 Å². The summed E-state index contributed by atoms with van der Waals surface area (Å²) in [6.45, 7) is 1.68. The lowest BCUT2D eigenvalue weighted by atomic mass is 10.0. The molecule has 0 bridgehead atoms. The number of amides is 1. The van der Waals surface area contributed by atoms with Gasteiger partial charge in [-0.1, -0.05) is 0 Å². The van der Waals surface area contributed by atoms with Crippen LogP contribution in [-0.2, 0) is 11.2 Å². The molecule has 0 spiro atoms. The summed E-state index contributed by atoms with van der Waals surface area (Å²) in [5.74, 6) is 0.241. The summed E-state index contributed by atoms with van der Waals surface area (Å²) in [7, 11) is 0. The second-order valence-electron chi connectivity index (χ2n) is 5.07. The normalized spacial score (nSPS) is 19.2. The summed E-state index contributed by atoms with van der Waals surface area (Å²) >= 11 is 1.62. The molecule has 2 aromatic rings. The molecule has 1 atom stereocenters. The molecule has 0 aliphatic carbocycles. The van der Waals surface area contributed by atoms with Crippen LogP contribution in [-0.4, -0.2) is 38.4 Å². The first-order valence-electron chi connectivity index (χ1n) is 6.96. The molecule has 1 fully saturated rings. The van der Waals surface area contributed by atoms with E-state index in [1.54, 1.807) is 23.7 Å². The predicted octanol–water partition coefficient (Wildman–Crippen LogP) is 2.14. The number of hydrogen-bond acceptors (Lipinski definition) is 4. The van der Waals surface area contributed by atoms with Crippen molar-refractivity contribution in [1.29, 1.82) is 0 Å². The average molecular weight is 290 g/mol. The molecule has 0 N–H and O–H groups in total. The summed E-state index contributed by atoms with van der Waals surface area (Å²) in [5.41, 5.74) is 0. The number of rotatable bonds is 4. The second-order valence-corrected chi connectivity index (χ2v) is 6.05. The lowest BCUT2D eigenvalue weighted by molar-refractivity contribution is -0.132. The van der Waals surface area contributed by atoms with Crippen LogP contribution in [0.1, 0.15) is 30.3 Å². The molecule has 1 amide bonds. The monoisotopic (exact) mass is 290 g/mol. The van der Waals surface area contributed by atoms with E-state index in [1.807, 2.05) is 22.8 Å². The van der Waals surface area contributed by atoms with Gasteiger partial charge < -0.3 is 9.47 Å². The van der Waals surface area contributed by atoms with E-state index < -0.39 is 0 Å². The molecular weight excluding hydrogens is 272 g/mol. The summed E-state index contributed by atoms with van der Waals surface area (Å²) in [6, 6.07) is 0.370. The minimum atomic E-state index is 0.241. The van der Waals surface area contributed by atoms with Gasteiger partial charge >= 0.3 is 0 Å². The van der Waals surface area contributed by atoms with Crippen molar-refractivity contribution < 1.29 is 4.79 Å². The summed E-state index contributed by atoms with van der Waals surface area (Å²) < 4.78 is 2.11. The van der Waals surface area contributed by atoms with E-state index in [4.69, 9.17) is 0 Å². The van der Waals surface area contributed by atoms with Crippen LogP contribution in [0.4, 0.5) is 0 Å². The van der Waals surface area contributed by atoms with Crippen molar-refractivity contribution in [3.8, 4) is 0 Å². The fourth-order valence-corrected chi connectivity index (χ4v) is 3.28. The van der Waals surface area contributed by atoms with Crippen LogP contribution in [0.5, 0.6) is 0 Å². The molecule has 20 heavy (non-hydrogen) atoms. The van der Waals surface area contributed by atoms with E-state index in [-0.39, 0.29) is 5.91 Å². The highest BCUT2D eigenvalue weighted by atomic mass is 32.1. The fraction of sp³-hybridized carbons (Fsp3) is 0.500. The predicted molar refractivity (Wildman–Crippen MR) is 77.5 cm³/mol. The lowest BCUT2D eigenvalue weighted by Gasteiger charge is -2.33. The topological polar surface area (TPSA) is 51.0 Å². The molecule has 0 saturated carbocycles. The number of piperidine rings is 1. The molecule has 1 aliphatic rings. The van der Waals surface area contributed by atoms with Crippen molar-refractivity contribution in [3.63, 3.8) is 0 Å². The number of nitrogens with zero attached hydrogens (tertiary/aromatic N) is 4. The Bertz CT molecular complexity index is 538. The van der Waals surface area contributed by atoms with Gasteiger partial charge in [-0.25, -0.2) is 9.97 Å². The van der Waals surface area contributed by atoms with Gasteiger partial charge in [-0.3, -0.25) is 4.79 Å². The molecule has 2 aromatic heterocycles. The average Bonchev–Trinajstić information content (AvgIpc) is 3.18.